The van der Waals surface area contributed by atoms with Crippen molar-refractivity contribution in [3.8, 4) is 0 Å². The number of carbonyl (C=O) groups excluding carboxylic acids is 1. The van der Waals surface area contributed by atoms with Crippen molar-refractivity contribution in [1.29, 1.82) is 0 Å². The van der Waals surface area contributed by atoms with Crippen molar-refractivity contribution in [3.63, 3.8) is 0 Å². The molecular weight excluding hydrogens is 213 g/mol. The Hall–Kier alpha value is -1.65. The van der Waals surface area contributed by atoms with E-state index in [9.17, 15) is 14.0 Å². The minimum Gasteiger partial charge on any atom is -0.461 e. The molecule has 4 nitrogen and oxygen atoms in total. The van der Waals surface area contributed by atoms with E-state index in [0.29, 0.717) is 0 Å². The van der Waals surface area contributed by atoms with Gasteiger partial charge in [0.2, 0.25) is 0 Å². The summed E-state index contributed by atoms with van der Waals surface area (Å²) < 4.78 is 18.9. The number of esters is 1. The summed E-state index contributed by atoms with van der Waals surface area (Å²) in [6.07, 6.45) is 0.730. The first-order valence-corrected chi connectivity index (χ1v) is 5.00. The Morgan fingerprint density at radius 3 is 2.56 bits per heavy atom. The molecule has 0 amide bonds. The summed E-state index contributed by atoms with van der Waals surface area (Å²) in [6, 6.07) is 1.30. The molecule has 0 saturated heterocycles. The second kappa shape index (κ2) is 4.92. The Labute approximate surface area is 92.7 Å². The fraction of sp³-hybridized carbons (Fsp3) is 0.455. The lowest BCUT2D eigenvalue weighted by Gasteiger charge is -2.15. The normalized spacial score (nSPS) is 12.6. The molecule has 0 aliphatic rings. The van der Waals surface area contributed by atoms with Gasteiger partial charge in [0.25, 0.3) is 5.56 Å². The number of pyridine rings is 1. The highest BCUT2D eigenvalue weighted by atomic mass is 19.1. The fourth-order valence-corrected chi connectivity index (χ4v) is 1.22. The third-order valence-electron chi connectivity index (χ3n) is 2.01. The van der Waals surface area contributed by atoms with E-state index in [1.54, 1.807) is 13.8 Å². The van der Waals surface area contributed by atoms with Crippen LogP contribution in [0, 0.1) is 5.82 Å². The van der Waals surface area contributed by atoms with Crippen LogP contribution in [0.3, 0.4) is 0 Å². The topological polar surface area (TPSA) is 48.3 Å². The highest BCUT2D eigenvalue weighted by molar-refractivity contribution is 5.73. The maximum atomic E-state index is 12.9. The smallest absolute Gasteiger partial charge is 0.329 e. The van der Waals surface area contributed by atoms with Gasteiger partial charge in [-0.15, -0.1) is 0 Å². The molecule has 1 aromatic rings. The van der Waals surface area contributed by atoms with Crippen molar-refractivity contribution in [3.05, 3.63) is 34.5 Å². The molecule has 0 bridgehead atoms. The van der Waals surface area contributed by atoms with Crippen molar-refractivity contribution in [2.24, 2.45) is 0 Å². The van der Waals surface area contributed by atoms with Gasteiger partial charge in [0, 0.05) is 12.3 Å². The van der Waals surface area contributed by atoms with E-state index in [0.717, 1.165) is 22.9 Å². The molecule has 0 saturated carbocycles. The molecule has 0 spiro atoms. The largest absolute Gasteiger partial charge is 0.461 e. The van der Waals surface area contributed by atoms with E-state index in [4.69, 9.17) is 4.74 Å². The molecule has 0 aromatic carbocycles. The van der Waals surface area contributed by atoms with Gasteiger partial charge in [-0.25, -0.2) is 9.18 Å². The minimum atomic E-state index is -0.828. The van der Waals surface area contributed by atoms with Gasteiger partial charge in [0.1, 0.15) is 11.9 Å². The molecular formula is C11H14FNO3. The Balaban J connectivity index is 2.96. The van der Waals surface area contributed by atoms with Crippen LogP contribution in [0.4, 0.5) is 4.39 Å². The Bertz CT molecular complexity index is 439. The lowest BCUT2D eigenvalue weighted by molar-refractivity contribution is -0.151. The third kappa shape index (κ3) is 2.92. The van der Waals surface area contributed by atoms with Crippen molar-refractivity contribution < 1.29 is 13.9 Å². The highest BCUT2D eigenvalue weighted by Gasteiger charge is 2.18. The number of halogens is 1. The van der Waals surface area contributed by atoms with Crippen LogP contribution in [0.1, 0.15) is 26.8 Å². The number of rotatable bonds is 3. The third-order valence-corrected chi connectivity index (χ3v) is 2.01. The standard InChI is InChI=1S/C11H14FNO3/c1-7(2)16-11(15)8(3)13-6-9(12)4-5-10(13)14/h4-8H,1-3H3. The van der Waals surface area contributed by atoms with E-state index < -0.39 is 23.4 Å². The molecule has 16 heavy (non-hydrogen) atoms. The molecule has 5 heteroatoms. The molecule has 1 rings (SSSR count). The van der Waals surface area contributed by atoms with Gasteiger partial charge >= 0.3 is 5.97 Å². The minimum absolute atomic E-state index is 0.265. The summed E-state index contributed by atoms with van der Waals surface area (Å²) in [5.74, 6) is -1.12. The van der Waals surface area contributed by atoms with Crippen LogP contribution in [0.15, 0.2) is 23.1 Å². The average Bonchev–Trinajstić information content (AvgIpc) is 2.19. The summed E-state index contributed by atoms with van der Waals surface area (Å²) in [7, 11) is 0. The van der Waals surface area contributed by atoms with Gasteiger partial charge in [-0.05, 0) is 26.8 Å². The zero-order valence-electron chi connectivity index (χ0n) is 9.44. The van der Waals surface area contributed by atoms with Gasteiger partial charge in [0.05, 0.1) is 6.10 Å². The van der Waals surface area contributed by atoms with Crippen molar-refractivity contribution in [2.45, 2.75) is 32.9 Å². The Kier molecular flexibility index (Phi) is 3.82. The molecule has 88 valence electrons. The number of nitrogens with zero attached hydrogens (tertiary/aromatic N) is 1. The van der Waals surface area contributed by atoms with Crippen molar-refractivity contribution >= 4 is 5.97 Å². The zero-order chi connectivity index (χ0) is 12.3. The van der Waals surface area contributed by atoms with Crippen LogP contribution in [0.2, 0.25) is 0 Å². The summed E-state index contributed by atoms with van der Waals surface area (Å²) in [5, 5.41) is 0. The van der Waals surface area contributed by atoms with E-state index in [2.05, 4.69) is 0 Å². The number of carbonyl (C=O) groups is 1. The predicted octanol–water partition coefficient (Wildman–Crippen LogP) is 1.50. The fourth-order valence-electron chi connectivity index (χ4n) is 1.22. The second-order valence-corrected chi connectivity index (χ2v) is 3.75. The van der Waals surface area contributed by atoms with E-state index in [1.807, 2.05) is 0 Å². The summed E-state index contributed by atoms with van der Waals surface area (Å²) >= 11 is 0. The molecule has 0 aliphatic carbocycles. The van der Waals surface area contributed by atoms with E-state index in [1.165, 1.54) is 6.92 Å². The number of aromatic nitrogens is 1. The Morgan fingerprint density at radius 1 is 1.38 bits per heavy atom. The van der Waals surface area contributed by atoms with Gasteiger partial charge in [-0.1, -0.05) is 0 Å². The van der Waals surface area contributed by atoms with E-state index in [-0.39, 0.29) is 6.10 Å². The molecule has 0 fully saturated rings. The first-order valence-electron chi connectivity index (χ1n) is 5.00. The molecule has 1 atom stereocenters. The molecule has 1 aromatic heterocycles. The molecule has 1 heterocycles. The van der Waals surface area contributed by atoms with Crippen molar-refractivity contribution in [1.82, 2.24) is 4.57 Å². The zero-order valence-corrected chi connectivity index (χ0v) is 9.44. The van der Waals surface area contributed by atoms with Crippen LogP contribution >= 0.6 is 0 Å². The molecule has 0 radical (unpaired) electrons. The summed E-state index contributed by atoms with van der Waals surface area (Å²) in [5.41, 5.74) is -0.436. The molecule has 0 aliphatic heterocycles. The second-order valence-electron chi connectivity index (χ2n) is 3.75. The highest BCUT2D eigenvalue weighted by Crippen LogP contribution is 2.07. The first kappa shape index (κ1) is 12.4. The van der Waals surface area contributed by atoms with Crippen LogP contribution in [0.5, 0.6) is 0 Å². The molecule has 1 unspecified atom stereocenters. The van der Waals surface area contributed by atoms with Crippen LogP contribution in [-0.2, 0) is 9.53 Å². The van der Waals surface area contributed by atoms with Crippen LogP contribution in [0.25, 0.3) is 0 Å². The maximum absolute atomic E-state index is 12.9. The Morgan fingerprint density at radius 2 is 2.00 bits per heavy atom. The quantitative estimate of drug-likeness (QED) is 0.735. The van der Waals surface area contributed by atoms with Crippen LogP contribution in [-0.4, -0.2) is 16.6 Å². The monoisotopic (exact) mass is 227 g/mol. The first-order chi connectivity index (χ1) is 7.41. The van der Waals surface area contributed by atoms with Gasteiger partial charge < -0.3 is 4.74 Å². The maximum Gasteiger partial charge on any atom is 0.329 e. The summed E-state index contributed by atoms with van der Waals surface area (Å²) in [4.78, 5) is 22.9. The predicted molar refractivity (Wildman–Crippen MR) is 56.6 cm³/mol. The lowest BCUT2D eigenvalue weighted by Crippen LogP contribution is -2.29. The number of ether oxygens (including phenoxy) is 1. The summed E-state index contributed by atoms with van der Waals surface area (Å²) in [6.45, 7) is 4.91. The lowest BCUT2D eigenvalue weighted by atomic mass is 10.3. The molecule has 0 N–H and O–H groups in total. The number of hydrogen-bond donors (Lipinski definition) is 0. The van der Waals surface area contributed by atoms with Gasteiger partial charge in [-0.2, -0.15) is 0 Å². The number of hydrogen-bond acceptors (Lipinski definition) is 3. The van der Waals surface area contributed by atoms with Gasteiger partial charge in [0.15, 0.2) is 0 Å². The average molecular weight is 227 g/mol. The SMILES string of the molecule is CC(C)OC(=O)C(C)n1cc(F)ccc1=O. The van der Waals surface area contributed by atoms with Crippen LogP contribution < -0.4 is 5.56 Å². The van der Waals surface area contributed by atoms with E-state index >= 15 is 0 Å². The van der Waals surface area contributed by atoms with Crippen molar-refractivity contribution in [2.75, 3.05) is 0 Å². The van der Waals surface area contributed by atoms with Gasteiger partial charge in [-0.3, -0.25) is 9.36 Å².